The molecule has 0 radical (unpaired) electrons. The molecule has 1 aliphatic heterocycles. The zero-order chi connectivity index (χ0) is 5.40. The molecule has 0 aromatic rings. The van der Waals surface area contributed by atoms with Crippen molar-refractivity contribution in [1.82, 2.24) is 5.32 Å². The van der Waals surface area contributed by atoms with E-state index in [0.717, 1.165) is 11.8 Å². The standard InChI is InChI=1S/C7H12N/c1-2-6-4-8-5-7(6)3-1/h1,6-8H,2-5H2/q-1. The maximum atomic E-state index is 3.40. The molecule has 1 aliphatic carbocycles. The van der Waals surface area contributed by atoms with Crippen molar-refractivity contribution in [1.29, 1.82) is 0 Å². The molecule has 2 aliphatic rings. The van der Waals surface area contributed by atoms with E-state index in [4.69, 9.17) is 0 Å². The van der Waals surface area contributed by atoms with Gasteiger partial charge in [0, 0.05) is 0 Å². The molecule has 0 amide bonds. The average molecular weight is 110 g/mol. The van der Waals surface area contributed by atoms with Crippen LogP contribution in [0.1, 0.15) is 12.8 Å². The summed E-state index contributed by atoms with van der Waals surface area (Å²) in [7, 11) is 0. The van der Waals surface area contributed by atoms with Gasteiger partial charge in [0.25, 0.3) is 0 Å². The summed E-state index contributed by atoms with van der Waals surface area (Å²) in [5.74, 6) is 2.02. The van der Waals surface area contributed by atoms with E-state index >= 15 is 0 Å². The van der Waals surface area contributed by atoms with Crippen LogP contribution < -0.4 is 5.32 Å². The van der Waals surface area contributed by atoms with Crippen molar-refractivity contribution in [2.45, 2.75) is 12.8 Å². The Hall–Kier alpha value is -0.0400. The Labute approximate surface area is 50.5 Å². The first-order chi connectivity index (χ1) is 3.97. The Morgan fingerprint density at radius 2 is 1.75 bits per heavy atom. The van der Waals surface area contributed by atoms with Crippen LogP contribution in [-0.2, 0) is 0 Å². The molecule has 0 spiro atoms. The van der Waals surface area contributed by atoms with Gasteiger partial charge in [-0.1, -0.05) is 11.8 Å². The molecule has 1 saturated carbocycles. The van der Waals surface area contributed by atoms with Crippen LogP contribution >= 0.6 is 0 Å². The first-order valence-electron chi connectivity index (χ1n) is 3.49. The van der Waals surface area contributed by atoms with E-state index in [1.165, 1.54) is 25.9 Å². The maximum Gasteiger partial charge on any atom is -0.00426 e. The summed E-state index contributed by atoms with van der Waals surface area (Å²) in [6, 6.07) is 0. The van der Waals surface area contributed by atoms with Crippen molar-refractivity contribution < 1.29 is 0 Å². The van der Waals surface area contributed by atoms with E-state index in [1.807, 2.05) is 0 Å². The minimum absolute atomic E-state index is 1.01. The van der Waals surface area contributed by atoms with Crippen molar-refractivity contribution in [3.63, 3.8) is 0 Å². The fourth-order valence-electron chi connectivity index (χ4n) is 1.86. The zero-order valence-corrected chi connectivity index (χ0v) is 5.06. The van der Waals surface area contributed by atoms with Gasteiger partial charge in [-0.05, 0) is 13.1 Å². The lowest BCUT2D eigenvalue weighted by molar-refractivity contribution is 0.494. The number of rotatable bonds is 0. The molecule has 0 aromatic carbocycles. The van der Waals surface area contributed by atoms with Gasteiger partial charge in [-0.25, -0.2) is 0 Å². The van der Waals surface area contributed by atoms with Gasteiger partial charge in [-0.3, -0.25) is 0 Å². The molecular weight excluding hydrogens is 98.1 g/mol. The van der Waals surface area contributed by atoms with Crippen LogP contribution in [0.5, 0.6) is 0 Å². The van der Waals surface area contributed by atoms with E-state index in [9.17, 15) is 0 Å². The van der Waals surface area contributed by atoms with Gasteiger partial charge in [-0.15, -0.1) is 0 Å². The molecule has 46 valence electrons. The molecule has 1 nitrogen and oxygen atoms in total. The van der Waals surface area contributed by atoms with Crippen LogP contribution in [0.3, 0.4) is 0 Å². The summed E-state index contributed by atoms with van der Waals surface area (Å²) < 4.78 is 0. The maximum absolute atomic E-state index is 3.40. The molecule has 1 saturated heterocycles. The molecule has 2 unspecified atom stereocenters. The molecule has 8 heavy (non-hydrogen) atoms. The molecule has 1 N–H and O–H groups in total. The third-order valence-electron chi connectivity index (χ3n) is 2.42. The molecular formula is C7H12N-. The smallest absolute Gasteiger partial charge is 0.00426 e. The summed E-state index contributed by atoms with van der Waals surface area (Å²) in [4.78, 5) is 0. The summed E-state index contributed by atoms with van der Waals surface area (Å²) in [5.41, 5.74) is 0. The number of fused-ring (bicyclic) bond motifs is 1. The van der Waals surface area contributed by atoms with Crippen molar-refractivity contribution >= 4 is 0 Å². The Kier molecular flexibility index (Phi) is 1.04. The third-order valence-corrected chi connectivity index (χ3v) is 2.42. The first kappa shape index (κ1) is 4.80. The Morgan fingerprint density at radius 3 is 2.38 bits per heavy atom. The topological polar surface area (TPSA) is 12.0 Å². The predicted molar refractivity (Wildman–Crippen MR) is 33.4 cm³/mol. The monoisotopic (exact) mass is 110 g/mol. The fraction of sp³-hybridized carbons (Fsp3) is 0.857. The second-order valence-corrected chi connectivity index (χ2v) is 2.94. The van der Waals surface area contributed by atoms with E-state index in [0.29, 0.717) is 0 Å². The highest BCUT2D eigenvalue weighted by molar-refractivity contribution is 4.93. The lowest BCUT2D eigenvalue weighted by Crippen LogP contribution is -2.09. The van der Waals surface area contributed by atoms with Crippen molar-refractivity contribution in [3.8, 4) is 0 Å². The minimum Gasteiger partial charge on any atom is -0.328 e. The van der Waals surface area contributed by atoms with Crippen LogP contribution in [0.25, 0.3) is 0 Å². The highest BCUT2D eigenvalue weighted by Gasteiger charge is 2.24. The van der Waals surface area contributed by atoms with Crippen LogP contribution in [0.4, 0.5) is 0 Å². The lowest BCUT2D eigenvalue weighted by Gasteiger charge is -2.07. The fourth-order valence-corrected chi connectivity index (χ4v) is 1.86. The first-order valence-corrected chi connectivity index (χ1v) is 3.49. The van der Waals surface area contributed by atoms with Crippen molar-refractivity contribution in [2.24, 2.45) is 11.8 Å². The molecule has 0 aromatic heterocycles. The molecule has 2 atom stereocenters. The van der Waals surface area contributed by atoms with E-state index in [2.05, 4.69) is 11.7 Å². The molecule has 0 bridgehead atoms. The van der Waals surface area contributed by atoms with Crippen LogP contribution in [-0.4, -0.2) is 13.1 Å². The lowest BCUT2D eigenvalue weighted by atomic mass is 10.0. The third kappa shape index (κ3) is 0.576. The summed E-state index contributed by atoms with van der Waals surface area (Å²) in [5, 5.41) is 3.40. The average Bonchev–Trinajstić information content (AvgIpc) is 2.15. The van der Waals surface area contributed by atoms with Gasteiger partial charge in [0.05, 0.1) is 0 Å². The molecule has 2 rings (SSSR count). The highest BCUT2D eigenvalue weighted by Crippen LogP contribution is 2.32. The highest BCUT2D eigenvalue weighted by atomic mass is 14.9. The SMILES string of the molecule is [CH-]1CC2CNCC2C1. The number of hydrogen-bond donors (Lipinski definition) is 1. The normalized spacial score (nSPS) is 45.0. The molecule has 1 heterocycles. The Morgan fingerprint density at radius 1 is 1.12 bits per heavy atom. The largest absolute Gasteiger partial charge is 0.328 e. The van der Waals surface area contributed by atoms with E-state index in [1.54, 1.807) is 0 Å². The van der Waals surface area contributed by atoms with Crippen LogP contribution in [0.2, 0.25) is 0 Å². The summed E-state index contributed by atoms with van der Waals surface area (Å²) in [6.07, 6.45) is 5.19. The Balaban J connectivity index is 2.04. The van der Waals surface area contributed by atoms with Crippen LogP contribution in [0, 0.1) is 18.3 Å². The van der Waals surface area contributed by atoms with Gasteiger partial charge in [0.2, 0.25) is 0 Å². The van der Waals surface area contributed by atoms with Gasteiger partial charge < -0.3 is 11.7 Å². The summed E-state index contributed by atoms with van der Waals surface area (Å²) >= 11 is 0. The van der Waals surface area contributed by atoms with Gasteiger partial charge in [0.1, 0.15) is 0 Å². The van der Waals surface area contributed by atoms with Crippen molar-refractivity contribution in [3.05, 3.63) is 6.42 Å². The quantitative estimate of drug-likeness (QED) is 0.455. The zero-order valence-electron chi connectivity index (χ0n) is 5.06. The second kappa shape index (κ2) is 1.73. The number of hydrogen-bond acceptors (Lipinski definition) is 1. The van der Waals surface area contributed by atoms with Gasteiger partial charge in [0.15, 0.2) is 0 Å². The van der Waals surface area contributed by atoms with Gasteiger partial charge >= 0.3 is 0 Å². The molecule has 2 fully saturated rings. The number of nitrogens with one attached hydrogen (secondary N) is 1. The van der Waals surface area contributed by atoms with Crippen molar-refractivity contribution in [2.75, 3.05) is 13.1 Å². The van der Waals surface area contributed by atoms with Gasteiger partial charge in [-0.2, -0.15) is 12.8 Å². The Bertz CT molecular complexity index is 70.4. The minimum atomic E-state index is 1.01. The molecule has 1 heteroatoms. The van der Waals surface area contributed by atoms with E-state index < -0.39 is 0 Å². The van der Waals surface area contributed by atoms with E-state index in [-0.39, 0.29) is 0 Å². The summed E-state index contributed by atoms with van der Waals surface area (Å²) in [6.45, 7) is 2.56. The second-order valence-electron chi connectivity index (χ2n) is 2.94. The van der Waals surface area contributed by atoms with Crippen LogP contribution in [0.15, 0.2) is 0 Å². The predicted octanol–water partition coefficient (Wildman–Crippen LogP) is 0.820.